The van der Waals surface area contributed by atoms with Gasteiger partial charge in [-0.25, -0.2) is 9.97 Å². The van der Waals surface area contributed by atoms with E-state index < -0.39 is 0 Å². The molecule has 14 aromatic carbocycles. The van der Waals surface area contributed by atoms with Crippen LogP contribution in [0.5, 0.6) is 0 Å². The topological polar surface area (TPSA) is 42.1 Å². The number of nitrogens with zero attached hydrogens (tertiary/aromatic N) is 6. The van der Waals surface area contributed by atoms with Gasteiger partial charge in [0.1, 0.15) is 11.6 Å². The maximum atomic E-state index is 4.78. The Bertz CT molecular complexity index is 6590. The van der Waals surface area contributed by atoms with Gasteiger partial charge in [0.05, 0.1) is 22.1 Å². The molecular formula is C96H66N6S2. The molecule has 6 heterocycles. The number of hydrogen-bond acceptors (Lipinski definition) is 6. The van der Waals surface area contributed by atoms with E-state index >= 15 is 0 Å². The van der Waals surface area contributed by atoms with Crippen molar-refractivity contribution in [2.45, 2.75) is 13.8 Å². The average Bonchev–Trinajstić information content (AvgIpc) is 1.59. The molecule has 6 nitrogen and oxygen atoms in total. The lowest BCUT2D eigenvalue weighted by molar-refractivity contribution is 1.05. The average molecular weight is 1370 g/mol. The van der Waals surface area contributed by atoms with E-state index in [9.17, 15) is 0 Å². The van der Waals surface area contributed by atoms with Crippen LogP contribution in [0, 0.1) is 13.8 Å². The van der Waals surface area contributed by atoms with Crippen LogP contribution in [0.15, 0.2) is 364 Å². The summed E-state index contributed by atoms with van der Waals surface area (Å²) in [5.41, 5.74) is 23.2. The Morgan fingerprint density at radius 2 is 0.615 bits per heavy atom. The summed E-state index contributed by atoms with van der Waals surface area (Å²) >= 11 is 3.71. The van der Waals surface area contributed by atoms with Crippen molar-refractivity contribution in [2.24, 2.45) is 0 Å². The Morgan fingerprint density at radius 3 is 1.07 bits per heavy atom. The van der Waals surface area contributed by atoms with E-state index in [0.29, 0.717) is 0 Å². The minimum Gasteiger partial charge on any atom is -0.310 e. The predicted octanol–water partition coefficient (Wildman–Crippen LogP) is 27.3. The number of hydrogen-bond donors (Lipinski definition) is 0. The SMILES string of the molecule is Cc1ccc(-n2c3ccccc3c3cc(-c4ccc(N(c5ccc(-c6ccccc6)cc5)c5ccc6c(c5)sc5ccccc56)cc4)ccc32)nc1.Cc1cccnc1-n1c2ccccc2c2cc(-c3ccc(N(c4ccc(-c5ccccc5)cc4)c4ccc5c(c4)sc4ccccc45)cc3)ccc21. The van der Waals surface area contributed by atoms with Gasteiger partial charge in [-0.05, 0) is 203 Å². The third-order valence-electron chi connectivity index (χ3n) is 20.3. The molecule has 0 amide bonds. The third kappa shape index (κ3) is 11.2. The molecule has 0 saturated carbocycles. The van der Waals surface area contributed by atoms with Gasteiger partial charge in [0, 0.05) is 108 Å². The first-order valence-electron chi connectivity index (χ1n) is 35.2. The Kier molecular flexibility index (Phi) is 15.6. The molecule has 0 aliphatic carbocycles. The number of benzene rings is 14. The number of pyridine rings is 2. The molecule has 0 spiro atoms. The van der Waals surface area contributed by atoms with E-state index in [0.717, 1.165) is 79.0 Å². The van der Waals surface area contributed by atoms with Gasteiger partial charge in [0.25, 0.3) is 0 Å². The zero-order chi connectivity index (χ0) is 69.2. The van der Waals surface area contributed by atoms with Crippen molar-refractivity contribution in [2.75, 3.05) is 9.80 Å². The molecule has 0 atom stereocenters. The zero-order valence-electron chi connectivity index (χ0n) is 57.1. The van der Waals surface area contributed by atoms with E-state index in [4.69, 9.17) is 9.97 Å². The number of aryl methyl sites for hydroxylation is 2. The van der Waals surface area contributed by atoms with Crippen LogP contribution in [0.4, 0.5) is 34.1 Å². The zero-order valence-corrected chi connectivity index (χ0v) is 58.8. The molecule has 8 heteroatoms. The standard InChI is InChI=1S/2C48H33N3S/c1-32-10-9-29-49-48(32)51-44-15-7-5-13-40(44)43-30-36(21-28-45(43)51)35-19-24-38(25-20-35)50(37-22-17-34(18-23-37)33-11-3-2-4-12-33)39-26-27-42-41-14-6-8-16-46(41)52-47(42)31-39;1-32-15-28-48(49-31-32)51-44-13-7-5-11-40(44)43-29-36(20-27-45(43)51)35-18-23-38(24-19-35)50(37-21-16-34(17-22-37)33-9-3-2-4-10-33)39-25-26-42-41-12-6-8-14-46(41)52-47(42)30-39/h2*2-31H,1H3. The van der Waals surface area contributed by atoms with Crippen LogP contribution >= 0.6 is 22.7 Å². The van der Waals surface area contributed by atoms with Crippen molar-refractivity contribution < 1.29 is 0 Å². The number of rotatable bonds is 12. The largest absolute Gasteiger partial charge is 0.310 e. The van der Waals surface area contributed by atoms with Crippen LogP contribution in [-0.4, -0.2) is 19.1 Å². The van der Waals surface area contributed by atoms with Crippen LogP contribution in [0.25, 0.3) is 140 Å². The summed E-state index contributed by atoms with van der Waals surface area (Å²) in [5.74, 6) is 1.90. The molecule has 0 aliphatic heterocycles. The first kappa shape index (κ1) is 62.1. The maximum absolute atomic E-state index is 4.78. The van der Waals surface area contributed by atoms with E-state index in [-0.39, 0.29) is 0 Å². The van der Waals surface area contributed by atoms with Crippen LogP contribution in [-0.2, 0) is 0 Å². The summed E-state index contributed by atoms with van der Waals surface area (Å²) in [5, 5.41) is 10.1. The molecule has 104 heavy (non-hydrogen) atoms. The molecular weight excluding hydrogens is 1300 g/mol. The monoisotopic (exact) mass is 1370 g/mol. The highest BCUT2D eigenvalue weighted by atomic mass is 32.1. The number of thiophene rings is 2. The summed E-state index contributed by atoms with van der Waals surface area (Å²) in [6, 6.07) is 127. The Labute approximate surface area is 610 Å². The maximum Gasteiger partial charge on any atom is 0.140 e. The number of para-hydroxylation sites is 2. The summed E-state index contributed by atoms with van der Waals surface area (Å²) in [6.45, 7) is 4.20. The molecule has 6 aromatic heterocycles. The van der Waals surface area contributed by atoms with Crippen molar-refractivity contribution >= 4 is 141 Å². The van der Waals surface area contributed by atoms with Crippen molar-refractivity contribution in [1.29, 1.82) is 0 Å². The highest BCUT2D eigenvalue weighted by Gasteiger charge is 2.21. The summed E-state index contributed by atoms with van der Waals surface area (Å²) in [7, 11) is 0. The second-order valence-electron chi connectivity index (χ2n) is 26.7. The Morgan fingerprint density at radius 1 is 0.250 bits per heavy atom. The number of aromatic nitrogens is 4. The lowest BCUT2D eigenvalue weighted by Crippen LogP contribution is -2.09. The fraction of sp³-hybridized carbons (Fsp3) is 0.0208. The van der Waals surface area contributed by atoms with E-state index in [2.05, 4.69) is 379 Å². The second kappa shape index (κ2) is 26.2. The fourth-order valence-electron chi connectivity index (χ4n) is 15.2. The third-order valence-corrected chi connectivity index (χ3v) is 22.6. The van der Waals surface area contributed by atoms with Crippen molar-refractivity contribution in [3.05, 3.63) is 375 Å². The molecule has 0 aliphatic rings. The summed E-state index contributed by atoms with van der Waals surface area (Å²) < 4.78 is 9.76. The molecule has 20 aromatic rings. The number of anilines is 6. The second-order valence-corrected chi connectivity index (χ2v) is 28.8. The number of fused-ring (bicyclic) bond motifs is 12. The Balaban J connectivity index is 0.000000143. The fourth-order valence-corrected chi connectivity index (χ4v) is 17.4. The van der Waals surface area contributed by atoms with Gasteiger partial charge in [-0.1, -0.05) is 218 Å². The van der Waals surface area contributed by atoms with Gasteiger partial charge in [-0.3, -0.25) is 9.13 Å². The molecule has 0 saturated heterocycles. The van der Waals surface area contributed by atoms with Crippen LogP contribution in [0.1, 0.15) is 11.1 Å². The van der Waals surface area contributed by atoms with Crippen LogP contribution in [0.2, 0.25) is 0 Å². The van der Waals surface area contributed by atoms with Gasteiger partial charge in [0.2, 0.25) is 0 Å². The highest BCUT2D eigenvalue weighted by molar-refractivity contribution is 7.26. The normalized spacial score (nSPS) is 11.6. The smallest absolute Gasteiger partial charge is 0.140 e. The van der Waals surface area contributed by atoms with Gasteiger partial charge < -0.3 is 9.80 Å². The molecule has 0 bridgehead atoms. The lowest BCUT2D eigenvalue weighted by Gasteiger charge is -2.26. The quantitative estimate of drug-likeness (QED) is 0.122. The Hall–Kier alpha value is -13.0. The molecule has 492 valence electrons. The molecule has 0 N–H and O–H groups in total. The minimum atomic E-state index is 0.930. The summed E-state index contributed by atoms with van der Waals surface area (Å²) in [6.07, 6.45) is 3.81. The van der Waals surface area contributed by atoms with Crippen molar-refractivity contribution in [3.8, 4) is 56.1 Å². The van der Waals surface area contributed by atoms with E-state index in [1.54, 1.807) is 0 Å². The molecule has 0 unspecified atom stereocenters. The molecule has 20 rings (SSSR count). The van der Waals surface area contributed by atoms with Crippen LogP contribution in [0.3, 0.4) is 0 Å². The van der Waals surface area contributed by atoms with Crippen molar-refractivity contribution in [1.82, 2.24) is 19.1 Å². The van der Waals surface area contributed by atoms with E-state index in [1.165, 1.54) is 106 Å². The first-order chi connectivity index (χ1) is 51.4. The van der Waals surface area contributed by atoms with Gasteiger partial charge >= 0.3 is 0 Å². The molecule has 0 fully saturated rings. The highest BCUT2D eigenvalue weighted by Crippen LogP contribution is 2.46. The predicted molar refractivity (Wildman–Crippen MR) is 444 cm³/mol. The van der Waals surface area contributed by atoms with Gasteiger partial charge in [-0.15, -0.1) is 22.7 Å². The van der Waals surface area contributed by atoms with Gasteiger partial charge in [-0.2, -0.15) is 0 Å². The first-order valence-corrected chi connectivity index (χ1v) is 36.9. The summed E-state index contributed by atoms with van der Waals surface area (Å²) in [4.78, 5) is 14.3. The van der Waals surface area contributed by atoms with E-state index in [1.807, 2.05) is 41.1 Å². The minimum absolute atomic E-state index is 0.930. The van der Waals surface area contributed by atoms with Gasteiger partial charge in [0.15, 0.2) is 0 Å². The van der Waals surface area contributed by atoms with Crippen molar-refractivity contribution in [3.63, 3.8) is 0 Å². The molecule has 0 radical (unpaired) electrons. The lowest BCUT2D eigenvalue weighted by atomic mass is 10.0. The van der Waals surface area contributed by atoms with Crippen LogP contribution < -0.4 is 9.80 Å².